The predicted octanol–water partition coefficient (Wildman–Crippen LogP) is 4.00. The van der Waals surface area contributed by atoms with Crippen molar-refractivity contribution in [3.63, 3.8) is 0 Å². The van der Waals surface area contributed by atoms with E-state index in [9.17, 15) is 9.90 Å². The van der Waals surface area contributed by atoms with E-state index in [2.05, 4.69) is 41.5 Å². The normalized spacial score (nSPS) is 12.5. The smallest absolute Gasteiger partial charge is 0.342 e. The van der Waals surface area contributed by atoms with Crippen LogP contribution in [0.3, 0.4) is 0 Å². The molecule has 136 valence electrons. The molecule has 0 unspecified atom stereocenters. The molecule has 1 aromatic rings. The molecule has 0 heterocycles. The monoisotopic (exact) mass is 338 g/mol. The zero-order chi connectivity index (χ0) is 18.4. The van der Waals surface area contributed by atoms with Crippen molar-refractivity contribution in [1.82, 2.24) is 0 Å². The van der Waals surface area contributed by atoms with Crippen molar-refractivity contribution < 1.29 is 24.1 Å². The molecule has 5 heteroatoms. The number of ether oxygens (including phenoxy) is 3. The summed E-state index contributed by atoms with van der Waals surface area (Å²) in [5, 5.41) is 9.70. The number of esters is 1. The van der Waals surface area contributed by atoms with E-state index in [1.807, 2.05) is 0 Å². The number of para-hydroxylation sites is 1. The lowest BCUT2D eigenvalue weighted by molar-refractivity contribution is -0.186. The van der Waals surface area contributed by atoms with Crippen LogP contribution in [0.25, 0.3) is 0 Å². The molecule has 0 aromatic heterocycles. The Morgan fingerprint density at radius 1 is 1.00 bits per heavy atom. The molecule has 0 radical (unpaired) electrons. The van der Waals surface area contributed by atoms with E-state index in [0.29, 0.717) is 13.2 Å². The molecule has 5 nitrogen and oxygen atoms in total. The maximum absolute atomic E-state index is 12.1. The largest absolute Gasteiger partial charge is 0.507 e. The molecule has 1 aromatic carbocycles. The van der Waals surface area contributed by atoms with E-state index in [0.717, 1.165) is 0 Å². The van der Waals surface area contributed by atoms with Gasteiger partial charge in [-0.25, -0.2) is 4.79 Å². The van der Waals surface area contributed by atoms with Crippen LogP contribution in [0, 0.1) is 10.8 Å². The molecule has 0 saturated heterocycles. The van der Waals surface area contributed by atoms with Crippen molar-refractivity contribution in [3.05, 3.63) is 29.8 Å². The Morgan fingerprint density at radius 2 is 1.50 bits per heavy atom. The Hall–Kier alpha value is -1.59. The van der Waals surface area contributed by atoms with Gasteiger partial charge in [0.05, 0.1) is 13.2 Å². The van der Waals surface area contributed by atoms with Gasteiger partial charge in [0, 0.05) is 0 Å². The Labute approximate surface area is 144 Å². The molecule has 0 bridgehead atoms. The number of benzene rings is 1. The summed E-state index contributed by atoms with van der Waals surface area (Å²) in [6.45, 7) is 13.3. The van der Waals surface area contributed by atoms with Crippen LogP contribution < -0.4 is 0 Å². The number of aromatic hydroxyl groups is 1. The molecular weight excluding hydrogens is 308 g/mol. The van der Waals surface area contributed by atoms with Crippen molar-refractivity contribution in [2.24, 2.45) is 10.8 Å². The highest BCUT2D eigenvalue weighted by Crippen LogP contribution is 2.19. The summed E-state index contributed by atoms with van der Waals surface area (Å²) < 4.78 is 16.8. The fourth-order valence-electron chi connectivity index (χ4n) is 1.70. The molecule has 1 rings (SSSR count). The number of phenols is 1. The van der Waals surface area contributed by atoms with Gasteiger partial charge in [0.25, 0.3) is 0 Å². The summed E-state index contributed by atoms with van der Waals surface area (Å²) >= 11 is 0. The Balaban J connectivity index is 2.63. The second kappa shape index (κ2) is 8.49. The van der Waals surface area contributed by atoms with Crippen LogP contribution in [-0.2, 0) is 14.2 Å². The van der Waals surface area contributed by atoms with E-state index in [1.165, 1.54) is 12.1 Å². The minimum Gasteiger partial charge on any atom is -0.507 e. The van der Waals surface area contributed by atoms with Crippen LogP contribution in [-0.4, -0.2) is 37.2 Å². The van der Waals surface area contributed by atoms with Gasteiger partial charge in [-0.05, 0) is 23.0 Å². The van der Waals surface area contributed by atoms with Gasteiger partial charge in [-0.15, -0.1) is 0 Å². The number of hydrogen-bond acceptors (Lipinski definition) is 5. The molecule has 0 aliphatic carbocycles. The number of hydrogen-bond donors (Lipinski definition) is 1. The minimum atomic E-state index is -0.641. The number of carbonyl (C=O) groups excluding carboxylic acids is 1. The highest BCUT2D eigenvalue weighted by molar-refractivity contribution is 5.92. The first-order valence-corrected chi connectivity index (χ1v) is 8.16. The first-order valence-electron chi connectivity index (χ1n) is 8.16. The second-order valence-electron chi connectivity index (χ2n) is 8.29. The maximum atomic E-state index is 12.1. The van der Waals surface area contributed by atoms with Crippen LogP contribution in [0.15, 0.2) is 24.3 Å². The van der Waals surface area contributed by atoms with Crippen molar-refractivity contribution in [2.75, 3.05) is 19.8 Å². The maximum Gasteiger partial charge on any atom is 0.342 e. The van der Waals surface area contributed by atoms with E-state index in [4.69, 9.17) is 14.2 Å². The predicted molar refractivity (Wildman–Crippen MR) is 93.0 cm³/mol. The number of phenolic OH excluding ortho intramolecular Hbond substituents is 1. The highest BCUT2D eigenvalue weighted by Gasteiger charge is 2.21. The van der Waals surface area contributed by atoms with Gasteiger partial charge in [0.15, 0.2) is 6.29 Å². The van der Waals surface area contributed by atoms with Crippen LogP contribution in [0.1, 0.15) is 51.9 Å². The highest BCUT2D eigenvalue weighted by atomic mass is 16.7. The standard InChI is InChI=1S/C19H30O5/c1-18(2,3)12-23-16(24-13-19(4,5)6)11-22-17(21)14-9-7-8-10-15(14)20/h7-10,16,20H,11-13H2,1-6H3. The van der Waals surface area contributed by atoms with E-state index in [-0.39, 0.29) is 28.7 Å². The van der Waals surface area contributed by atoms with Gasteiger partial charge in [0.1, 0.15) is 17.9 Å². The SMILES string of the molecule is CC(C)(C)COC(COC(=O)c1ccccc1O)OCC(C)(C)C. The summed E-state index contributed by atoms with van der Waals surface area (Å²) in [5.74, 6) is -0.706. The summed E-state index contributed by atoms with van der Waals surface area (Å²) in [6.07, 6.45) is -0.641. The van der Waals surface area contributed by atoms with E-state index in [1.54, 1.807) is 12.1 Å². The number of rotatable bonds is 7. The van der Waals surface area contributed by atoms with Gasteiger partial charge < -0.3 is 19.3 Å². The van der Waals surface area contributed by atoms with Crippen LogP contribution >= 0.6 is 0 Å². The first kappa shape index (κ1) is 20.5. The zero-order valence-electron chi connectivity index (χ0n) is 15.6. The lowest BCUT2D eigenvalue weighted by Gasteiger charge is -2.27. The molecule has 24 heavy (non-hydrogen) atoms. The summed E-state index contributed by atoms with van der Waals surface area (Å²) in [7, 11) is 0. The zero-order valence-corrected chi connectivity index (χ0v) is 15.6. The molecule has 1 N–H and O–H groups in total. The lowest BCUT2D eigenvalue weighted by atomic mass is 9.98. The van der Waals surface area contributed by atoms with Gasteiger partial charge >= 0.3 is 5.97 Å². The quantitative estimate of drug-likeness (QED) is 0.601. The molecule has 0 saturated carbocycles. The first-order chi connectivity index (χ1) is 11.0. The summed E-state index contributed by atoms with van der Waals surface area (Å²) in [6, 6.07) is 6.27. The third-order valence-electron chi connectivity index (χ3n) is 2.88. The molecule has 0 spiro atoms. The van der Waals surface area contributed by atoms with E-state index < -0.39 is 12.3 Å². The number of carbonyl (C=O) groups is 1. The van der Waals surface area contributed by atoms with Crippen molar-refractivity contribution in [2.45, 2.75) is 47.8 Å². The van der Waals surface area contributed by atoms with Crippen LogP contribution in [0.2, 0.25) is 0 Å². The Morgan fingerprint density at radius 3 is 1.96 bits per heavy atom. The van der Waals surface area contributed by atoms with Gasteiger partial charge in [-0.2, -0.15) is 0 Å². The van der Waals surface area contributed by atoms with Gasteiger partial charge in [-0.3, -0.25) is 0 Å². The fourth-order valence-corrected chi connectivity index (χ4v) is 1.70. The molecule has 0 aliphatic heterocycles. The Kier molecular flexibility index (Phi) is 7.24. The minimum absolute atomic E-state index is 0.0228. The molecule has 0 atom stereocenters. The van der Waals surface area contributed by atoms with Crippen LogP contribution in [0.4, 0.5) is 0 Å². The second-order valence-corrected chi connectivity index (χ2v) is 8.29. The molecule has 0 amide bonds. The average Bonchev–Trinajstić information content (AvgIpc) is 2.44. The molecule has 0 fully saturated rings. The van der Waals surface area contributed by atoms with Gasteiger partial charge in [0.2, 0.25) is 0 Å². The lowest BCUT2D eigenvalue weighted by Crippen LogP contribution is -2.32. The third-order valence-corrected chi connectivity index (χ3v) is 2.88. The summed E-state index contributed by atoms with van der Waals surface area (Å²) in [5.41, 5.74) is 0.0821. The fraction of sp³-hybridized carbons (Fsp3) is 0.632. The topological polar surface area (TPSA) is 65.0 Å². The van der Waals surface area contributed by atoms with Crippen molar-refractivity contribution in [1.29, 1.82) is 0 Å². The van der Waals surface area contributed by atoms with Crippen molar-refractivity contribution in [3.8, 4) is 5.75 Å². The average molecular weight is 338 g/mol. The van der Waals surface area contributed by atoms with E-state index >= 15 is 0 Å². The van der Waals surface area contributed by atoms with Gasteiger partial charge in [-0.1, -0.05) is 53.7 Å². The molecule has 0 aliphatic rings. The van der Waals surface area contributed by atoms with Crippen molar-refractivity contribution >= 4 is 5.97 Å². The Bertz CT molecular complexity index is 507. The van der Waals surface area contributed by atoms with Crippen LogP contribution in [0.5, 0.6) is 5.75 Å². The summed E-state index contributed by atoms with van der Waals surface area (Å²) in [4.78, 5) is 12.1. The molecular formula is C19H30O5. The third kappa shape index (κ3) is 8.31.